The number of carbonyl (C=O) groups is 2. The standard InChI is InChI=1S/C12H16N4O3/c17-10(18)12(5-1-2-6-12)15-11(19)13-8-9-4-3-7-14-16-9/h3-4,7H,1-2,5-6,8H2,(H,17,18)(H2,13,15,19). The van der Waals surface area contributed by atoms with Crippen molar-refractivity contribution in [3.05, 3.63) is 24.0 Å². The van der Waals surface area contributed by atoms with Crippen LogP contribution < -0.4 is 10.6 Å². The van der Waals surface area contributed by atoms with Crippen molar-refractivity contribution in [3.8, 4) is 0 Å². The molecule has 1 aromatic heterocycles. The second-order valence-corrected chi connectivity index (χ2v) is 4.62. The zero-order valence-corrected chi connectivity index (χ0v) is 10.4. The van der Waals surface area contributed by atoms with Crippen LogP contribution in [0.4, 0.5) is 4.79 Å². The summed E-state index contributed by atoms with van der Waals surface area (Å²) in [6.45, 7) is 0.218. The van der Waals surface area contributed by atoms with Gasteiger partial charge in [-0.15, -0.1) is 0 Å². The number of urea groups is 1. The monoisotopic (exact) mass is 264 g/mol. The van der Waals surface area contributed by atoms with Crippen LogP contribution in [0.5, 0.6) is 0 Å². The van der Waals surface area contributed by atoms with E-state index in [2.05, 4.69) is 20.8 Å². The maximum Gasteiger partial charge on any atom is 0.329 e. The highest BCUT2D eigenvalue weighted by molar-refractivity contribution is 5.86. The van der Waals surface area contributed by atoms with E-state index in [0.29, 0.717) is 18.5 Å². The summed E-state index contributed by atoms with van der Waals surface area (Å²) >= 11 is 0. The second kappa shape index (κ2) is 5.64. The molecule has 19 heavy (non-hydrogen) atoms. The van der Waals surface area contributed by atoms with E-state index in [1.807, 2.05) is 0 Å². The van der Waals surface area contributed by atoms with Crippen LogP contribution in [0.2, 0.25) is 0 Å². The Morgan fingerprint density at radius 2 is 2.11 bits per heavy atom. The van der Waals surface area contributed by atoms with Crippen molar-refractivity contribution in [3.63, 3.8) is 0 Å². The van der Waals surface area contributed by atoms with E-state index in [1.165, 1.54) is 0 Å². The van der Waals surface area contributed by atoms with Gasteiger partial charge < -0.3 is 15.7 Å². The molecular weight excluding hydrogens is 248 g/mol. The molecule has 7 heteroatoms. The molecule has 1 fully saturated rings. The highest BCUT2D eigenvalue weighted by Crippen LogP contribution is 2.29. The van der Waals surface area contributed by atoms with Gasteiger partial charge in [0.25, 0.3) is 0 Å². The molecule has 0 radical (unpaired) electrons. The van der Waals surface area contributed by atoms with Crippen LogP contribution in [-0.2, 0) is 11.3 Å². The van der Waals surface area contributed by atoms with Gasteiger partial charge in [-0.25, -0.2) is 9.59 Å². The Kier molecular flexibility index (Phi) is 3.94. The molecule has 1 aliphatic carbocycles. The Bertz CT molecular complexity index is 457. The molecule has 1 heterocycles. The summed E-state index contributed by atoms with van der Waals surface area (Å²) in [5.41, 5.74) is -0.500. The second-order valence-electron chi connectivity index (χ2n) is 4.62. The van der Waals surface area contributed by atoms with Gasteiger partial charge in [0, 0.05) is 6.20 Å². The molecule has 0 aromatic carbocycles. The van der Waals surface area contributed by atoms with Gasteiger partial charge in [0.15, 0.2) is 0 Å². The summed E-state index contributed by atoms with van der Waals surface area (Å²) in [6.07, 6.45) is 4.12. The molecule has 1 saturated carbocycles. The molecule has 102 valence electrons. The predicted octanol–water partition coefficient (Wildman–Crippen LogP) is 0.673. The number of carbonyl (C=O) groups excluding carboxylic acids is 1. The lowest BCUT2D eigenvalue weighted by Gasteiger charge is -2.25. The first-order valence-corrected chi connectivity index (χ1v) is 6.18. The summed E-state index contributed by atoms with van der Waals surface area (Å²) in [5, 5.41) is 21.9. The summed E-state index contributed by atoms with van der Waals surface area (Å²) < 4.78 is 0. The molecule has 1 aliphatic rings. The summed E-state index contributed by atoms with van der Waals surface area (Å²) in [6, 6.07) is 2.96. The lowest BCUT2D eigenvalue weighted by molar-refractivity contribution is -0.144. The minimum absolute atomic E-state index is 0.218. The SMILES string of the molecule is O=C(NCc1cccnn1)NC1(C(=O)O)CCCC1. The molecule has 1 aromatic rings. The van der Waals surface area contributed by atoms with Crippen LogP contribution in [0, 0.1) is 0 Å². The molecule has 0 unspecified atom stereocenters. The Balaban J connectivity index is 1.88. The summed E-state index contributed by atoms with van der Waals surface area (Å²) in [7, 11) is 0. The molecule has 2 rings (SSSR count). The minimum atomic E-state index is -1.12. The number of aromatic nitrogens is 2. The molecule has 0 aliphatic heterocycles. The van der Waals surface area contributed by atoms with Crippen molar-refractivity contribution in [2.75, 3.05) is 0 Å². The normalized spacial score (nSPS) is 16.8. The number of amides is 2. The molecule has 2 amide bonds. The highest BCUT2D eigenvalue weighted by Gasteiger charge is 2.42. The van der Waals surface area contributed by atoms with Crippen LogP contribution in [0.3, 0.4) is 0 Å². The fraction of sp³-hybridized carbons (Fsp3) is 0.500. The first-order chi connectivity index (χ1) is 9.12. The zero-order chi connectivity index (χ0) is 13.7. The van der Waals surface area contributed by atoms with E-state index in [-0.39, 0.29) is 6.54 Å². The topological polar surface area (TPSA) is 104 Å². The maximum absolute atomic E-state index is 11.7. The van der Waals surface area contributed by atoms with Crippen molar-refractivity contribution in [2.24, 2.45) is 0 Å². The van der Waals surface area contributed by atoms with E-state index in [9.17, 15) is 14.7 Å². The molecule has 0 spiro atoms. The average Bonchev–Trinajstić information content (AvgIpc) is 2.87. The summed E-state index contributed by atoms with van der Waals surface area (Å²) in [5.74, 6) is -0.973. The van der Waals surface area contributed by atoms with Gasteiger partial charge in [-0.1, -0.05) is 12.8 Å². The average molecular weight is 264 g/mol. The van der Waals surface area contributed by atoms with Crippen molar-refractivity contribution in [1.29, 1.82) is 0 Å². The number of aliphatic carboxylic acids is 1. The smallest absolute Gasteiger partial charge is 0.329 e. The Labute approximate surface area is 110 Å². The zero-order valence-electron chi connectivity index (χ0n) is 10.4. The first-order valence-electron chi connectivity index (χ1n) is 6.18. The van der Waals surface area contributed by atoms with E-state index >= 15 is 0 Å². The Hall–Kier alpha value is -2.18. The maximum atomic E-state index is 11.7. The molecular formula is C12H16N4O3. The molecule has 0 bridgehead atoms. The van der Waals surface area contributed by atoms with Crippen molar-refractivity contribution < 1.29 is 14.7 Å². The van der Waals surface area contributed by atoms with Gasteiger partial charge in [-0.3, -0.25) is 0 Å². The van der Waals surface area contributed by atoms with E-state index in [1.54, 1.807) is 18.3 Å². The molecule has 3 N–H and O–H groups in total. The van der Waals surface area contributed by atoms with Crippen LogP contribution in [0.15, 0.2) is 18.3 Å². The van der Waals surface area contributed by atoms with Crippen molar-refractivity contribution >= 4 is 12.0 Å². The number of rotatable bonds is 4. The van der Waals surface area contributed by atoms with Gasteiger partial charge in [0.2, 0.25) is 0 Å². The third kappa shape index (κ3) is 3.18. The van der Waals surface area contributed by atoms with Crippen molar-refractivity contribution in [2.45, 2.75) is 37.8 Å². The molecule has 7 nitrogen and oxygen atoms in total. The van der Waals surface area contributed by atoms with Gasteiger partial charge in [0.05, 0.1) is 12.2 Å². The lowest BCUT2D eigenvalue weighted by Crippen LogP contribution is -2.55. The Morgan fingerprint density at radius 3 is 2.68 bits per heavy atom. The van der Waals surface area contributed by atoms with E-state index in [4.69, 9.17) is 0 Å². The number of carboxylic acid groups (broad SMARTS) is 1. The first kappa shape index (κ1) is 13.3. The highest BCUT2D eigenvalue weighted by atomic mass is 16.4. The fourth-order valence-electron chi connectivity index (χ4n) is 2.23. The fourth-order valence-corrected chi connectivity index (χ4v) is 2.23. The quantitative estimate of drug-likeness (QED) is 0.741. The molecule has 0 atom stereocenters. The number of nitrogens with zero attached hydrogens (tertiary/aromatic N) is 2. The van der Waals surface area contributed by atoms with E-state index in [0.717, 1.165) is 12.8 Å². The van der Waals surface area contributed by atoms with Crippen LogP contribution in [0.1, 0.15) is 31.4 Å². The predicted molar refractivity (Wildman–Crippen MR) is 66.2 cm³/mol. The van der Waals surface area contributed by atoms with Gasteiger partial charge in [-0.05, 0) is 25.0 Å². The van der Waals surface area contributed by atoms with Crippen molar-refractivity contribution in [1.82, 2.24) is 20.8 Å². The third-order valence-corrected chi connectivity index (χ3v) is 3.28. The number of nitrogens with one attached hydrogen (secondary N) is 2. The van der Waals surface area contributed by atoms with Gasteiger partial charge in [-0.2, -0.15) is 10.2 Å². The molecule has 0 saturated heterocycles. The number of carboxylic acids is 1. The summed E-state index contributed by atoms with van der Waals surface area (Å²) in [4.78, 5) is 23.0. The Morgan fingerprint density at radius 1 is 1.37 bits per heavy atom. The van der Waals surface area contributed by atoms with E-state index < -0.39 is 17.5 Å². The van der Waals surface area contributed by atoms with Crippen LogP contribution in [-0.4, -0.2) is 32.8 Å². The van der Waals surface area contributed by atoms with Crippen LogP contribution in [0.25, 0.3) is 0 Å². The van der Waals surface area contributed by atoms with Gasteiger partial charge in [0.1, 0.15) is 5.54 Å². The van der Waals surface area contributed by atoms with Crippen LogP contribution >= 0.6 is 0 Å². The van der Waals surface area contributed by atoms with Gasteiger partial charge >= 0.3 is 12.0 Å². The largest absolute Gasteiger partial charge is 0.480 e. The lowest BCUT2D eigenvalue weighted by atomic mass is 9.98. The number of hydrogen-bond acceptors (Lipinski definition) is 4. The minimum Gasteiger partial charge on any atom is -0.480 e. The number of hydrogen-bond donors (Lipinski definition) is 3. The third-order valence-electron chi connectivity index (χ3n) is 3.28.